The molecule has 1 heterocycles. The smallest absolute Gasteiger partial charge is 0.0860 e. The summed E-state index contributed by atoms with van der Waals surface area (Å²) in [7, 11) is 0. The topological polar surface area (TPSA) is 39.1 Å². The van der Waals surface area contributed by atoms with Crippen LogP contribution >= 0.6 is 11.6 Å². The van der Waals surface area contributed by atoms with Gasteiger partial charge in [0.25, 0.3) is 0 Å². The van der Waals surface area contributed by atoms with Crippen molar-refractivity contribution in [2.75, 3.05) is 6.61 Å². The predicted octanol–water partition coefficient (Wildman–Crippen LogP) is 2.52. The van der Waals surface area contributed by atoms with Crippen molar-refractivity contribution in [3.63, 3.8) is 0 Å². The first-order valence-electron chi connectivity index (χ1n) is 6.72. The Morgan fingerprint density at radius 1 is 1.44 bits per heavy atom. The molecule has 0 spiro atoms. The fourth-order valence-corrected chi connectivity index (χ4v) is 2.59. The van der Waals surface area contributed by atoms with E-state index in [1.807, 2.05) is 18.5 Å². The molecule has 0 aliphatic heterocycles. The zero-order valence-electron chi connectivity index (χ0n) is 11.4. The van der Waals surface area contributed by atoms with Crippen LogP contribution in [0.15, 0.2) is 0 Å². The van der Waals surface area contributed by atoms with Gasteiger partial charge in [0.15, 0.2) is 0 Å². The summed E-state index contributed by atoms with van der Waals surface area (Å²) >= 11 is 6.27. The SMILES string of the molecule is CCOC1CC(NCc2c(Cl)c(C)nn2CC)C1. The third-order valence-electron chi connectivity index (χ3n) is 3.51. The van der Waals surface area contributed by atoms with Crippen LogP contribution in [-0.4, -0.2) is 28.5 Å². The molecule has 0 radical (unpaired) electrons. The number of aromatic nitrogens is 2. The van der Waals surface area contributed by atoms with Crippen LogP contribution in [0.5, 0.6) is 0 Å². The average Bonchev–Trinajstić information content (AvgIpc) is 2.58. The van der Waals surface area contributed by atoms with E-state index in [-0.39, 0.29) is 0 Å². The van der Waals surface area contributed by atoms with Gasteiger partial charge in [-0.05, 0) is 33.6 Å². The van der Waals surface area contributed by atoms with Gasteiger partial charge in [0.05, 0.1) is 22.5 Å². The summed E-state index contributed by atoms with van der Waals surface area (Å²) in [6.45, 7) is 8.54. The highest BCUT2D eigenvalue weighted by Gasteiger charge is 2.29. The Hall–Kier alpha value is -0.580. The molecule has 0 unspecified atom stereocenters. The summed E-state index contributed by atoms with van der Waals surface area (Å²) < 4.78 is 7.52. The highest BCUT2D eigenvalue weighted by atomic mass is 35.5. The van der Waals surface area contributed by atoms with E-state index >= 15 is 0 Å². The minimum absolute atomic E-state index is 0.445. The third-order valence-corrected chi connectivity index (χ3v) is 4.00. The van der Waals surface area contributed by atoms with Crippen LogP contribution in [0, 0.1) is 6.92 Å². The lowest BCUT2D eigenvalue weighted by atomic mass is 9.89. The van der Waals surface area contributed by atoms with Gasteiger partial charge in [-0.2, -0.15) is 5.10 Å². The maximum atomic E-state index is 6.27. The molecule has 1 aliphatic rings. The molecule has 5 heteroatoms. The van der Waals surface area contributed by atoms with Crippen LogP contribution < -0.4 is 5.32 Å². The number of halogens is 1. The summed E-state index contributed by atoms with van der Waals surface area (Å²) in [6, 6.07) is 0.554. The Morgan fingerprint density at radius 2 is 2.17 bits per heavy atom. The molecule has 0 amide bonds. The molecule has 0 saturated heterocycles. The van der Waals surface area contributed by atoms with Crippen LogP contribution in [0.25, 0.3) is 0 Å². The summed E-state index contributed by atoms with van der Waals surface area (Å²) in [5, 5.41) is 8.74. The minimum Gasteiger partial charge on any atom is -0.378 e. The molecule has 1 saturated carbocycles. The van der Waals surface area contributed by atoms with E-state index in [1.54, 1.807) is 0 Å². The molecule has 1 aromatic heterocycles. The highest BCUT2D eigenvalue weighted by Crippen LogP contribution is 2.25. The van der Waals surface area contributed by atoms with Gasteiger partial charge in [0.1, 0.15) is 0 Å². The maximum absolute atomic E-state index is 6.27. The molecular weight excluding hydrogens is 250 g/mol. The molecular formula is C13H22ClN3O. The van der Waals surface area contributed by atoms with Gasteiger partial charge in [-0.3, -0.25) is 4.68 Å². The van der Waals surface area contributed by atoms with E-state index in [0.717, 1.165) is 48.9 Å². The zero-order valence-corrected chi connectivity index (χ0v) is 12.1. The molecule has 102 valence electrons. The molecule has 4 nitrogen and oxygen atoms in total. The van der Waals surface area contributed by atoms with Crippen LogP contribution in [0.1, 0.15) is 38.1 Å². The second kappa shape index (κ2) is 6.04. The van der Waals surface area contributed by atoms with Gasteiger partial charge in [0, 0.05) is 25.7 Å². The van der Waals surface area contributed by atoms with Gasteiger partial charge in [-0.15, -0.1) is 0 Å². The second-order valence-electron chi connectivity index (χ2n) is 4.79. The van der Waals surface area contributed by atoms with Gasteiger partial charge >= 0.3 is 0 Å². The Morgan fingerprint density at radius 3 is 2.78 bits per heavy atom. The molecule has 1 N–H and O–H groups in total. The van der Waals surface area contributed by atoms with Crippen LogP contribution in [-0.2, 0) is 17.8 Å². The third kappa shape index (κ3) is 2.87. The normalized spacial score (nSPS) is 23.1. The number of ether oxygens (including phenoxy) is 1. The van der Waals surface area contributed by atoms with Crippen molar-refractivity contribution in [3.05, 3.63) is 16.4 Å². The van der Waals surface area contributed by atoms with Crippen molar-refractivity contribution >= 4 is 11.6 Å². The molecule has 0 bridgehead atoms. The van der Waals surface area contributed by atoms with Gasteiger partial charge in [-0.1, -0.05) is 11.6 Å². The Bertz CT molecular complexity index is 399. The van der Waals surface area contributed by atoms with Crippen molar-refractivity contribution in [1.82, 2.24) is 15.1 Å². The molecule has 0 aromatic carbocycles. The summed E-state index contributed by atoms with van der Waals surface area (Å²) in [4.78, 5) is 0. The Labute approximate surface area is 114 Å². The lowest BCUT2D eigenvalue weighted by molar-refractivity contribution is -0.0103. The first-order valence-corrected chi connectivity index (χ1v) is 7.10. The Kier molecular flexibility index (Phi) is 4.65. The number of hydrogen-bond donors (Lipinski definition) is 1. The molecule has 2 rings (SSSR count). The fourth-order valence-electron chi connectivity index (χ4n) is 2.38. The first-order chi connectivity index (χ1) is 8.65. The van der Waals surface area contributed by atoms with Crippen LogP contribution in [0.2, 0.25) is 5.02 Å². The number of aryl methyl sites for hydroxylation is 2. The van der Waals surface area contributed by atoms with Gasteiger partial charge in [-0.25, -0.2) is 0 Å². The lowest BCUT2D eigenvalue weighted by Crippen LogP contribution is -2.45. The van der Waals surface area contributed by atoms with Crippen molar-refractivity contribution in [2.24, 2.45) is 0 Å². The number of rotatable bonds is 6. The number of hydrogen-bond acceptors (Lipinski definition) is 3. The standard InChI is InChI=1S/C13H22ClN3O/c1-4-17-12(13(14)9(3)16-17)8-15-10-6-11(7-10)18-5-2/h10-11,15H,4-8H2,1-3H3. The quantitative estimate of drug-likeness (QED) is 0.864. The van der Waals surface area contributed by atoms with Gasteiger partial charge in [0.2, 0.25) is 0 Å². The molecule has 1 aromatic rings. The maximum Gasteiger partial charge on any atom is 0.0860 e. The van der Waals surface area contributed by atoms with Gasteiger partial charge < -0.3 is 10.1 Å². The molecule has 1 fully saturated rings. The largest absolute Gasteiger partial charge is 0.378 e. The van der Waals surface area contributed by atoms with Crippen molar-refractivity contribution in [3.8, 4) is 0 Å². The van der Waals surface area contributed by atoms with E-state index in [0.29, 0.717) is 12.1 Å². The average molecular weight is 272 g/mol. The Balaban J connectivity index is 1.84. The first kappa shape index (κ1) is 13.8. The van der Waals surface area contributed by atoms with Crippen LogP contribution in [0.3, 0.4) is 0 Å². The molecule has 18 heavy (non-hydrogen) atoms. The van der Waals surface area contributed by atoms with E-state index in [9.17, 15) is 0 Å². The summed E-state index contributed by atoms with van der Waals surface area (Å²) in [5.74, 6) is 0. The van der Waals surface area contributed by atoms with Crippen molar-refractivity contribution in [2.45, 2.75) is 58.8 Å². The number of nitrogens with zero attached hydrogens (tertiary/aromatic N) is 2. The fraction of sp³-hybridized carbons (Fsp3) is 0.769. The van der Waals surface area contributed by atoms with E-state index in [1.165, 1.54) is 0 Å². The number of nitrogens with one attached hydrogen (secondary N) is 1. The lowest BCUT2D eigenvalue weighted by Gasteiger charge is -2.35. The van der Waals surface area contributed by atoms with Crippen molar-refractivity contribution < 1.29 is 4.74 Å². The van der Waals surface area contributed by atoms with E-state index < -0.39 is 0 Å². The predicted molar refractivity (Wildman–Crippen MR) is 72.9 cm³/mol. The minimum atomic E-state index is 0.445. The summed E-state index contributed by atoms with van der Waals surface area (Å²) in [6.07, 6.45) is 2.65. The molecule has 1 aliphatic carbocycles. The summed E-state index contributed by atoms with van der Waals surface area (Å²) in [5.41, 5.74) is 2.01. The monoisotopic (exact) mass is 271 g/mol. The van der Waals surface area contributed by atoms with E-state index in [2.05, 4.69) is 17.3 Å². The zero-order chi connectivity index (χ0) is 13.1. The highest BCUT2D eigenvalue weighted by molar-refractivity contribution is 6.31. The van der Waals surface area contributed by atoms with Crippen molar-refractivity contribution in [1.29, 1.82) is 0 Å². The van der Waals surface area contributed by atoms with Crippen LogP contribution in [0.4, 0.5) is 0 Å². The molecule has 0 atom stereocenters. The second-order valence-corrected chi connectivity index (χ2v) is 5.17. The van der Waals surface area contributed by atoms with E-state index in [4.69, 9.17) is 16.3 Å².